The number of carbonyl (C=O) groups is 1. The maximum Gasteiger partial charge on any atom is 0.220 e. The van der Waals surface area contributed by atoms with E-state index in [0.29, 0.717) is 12.8 Å². The first kappa shape index (κ1) is 62.6. The number of hydrogen-bond donors (Lipinski definition) is 9. The maximum absolute atomic E-state index is 13.2. The Labute approximate surface area is 411 Å². The maximum atomic E-state index is 13.2. The summed E-state index contributed by atoms with van der Waals surface area (Å²) in [5.74, 6) is -0.220. The van der Waals surface area contributed by atoms with Gasteiger partial charge in [-0.2, -0.15) is 0 Å². The summed E-state index contributed by atoms with van der Waals surface area (Å²) in [6, 6.07) is -0.834. The molecule has 2 aliphatic rings. The summed E-state index contributed by atoms with van der Waals surface area (Å²) in [4.78, 5) is 13.2. The Kier molecular flexibility index (Phi) is 37.7. The highest BCUT2D eigenvalue weighted by Gasteiger charge is 2.51. The van der Waals surface area contributed by atoms with Gasteiger partial charge < -0.3 is 65.1 Å². The zero-order chi connectivity index (χ0) is 49.6. The van der Waals surface area contributed by atoms with Gasteiger partial charge in [-0.1, -0.05) is 199 Å². The Balaban J connectivity index is 1.78. The lowest BCUT2D eigenvalue weighted by Gasteiger charge is -2.46. The zero-order valence-electron chi connectivity index (χ0n) is 42.6. The van der Waals surface area contributed by atoms with E-state index in [2.05, 4.69) is 43.5 Å². The van der Waals surface area contributed by atoms with Crippen molar-refractivity contribution in [2.75, 3.05) is 19.8 Å². The molecule has 12 unspecified atom stereocenters. The fourth-order valence-electron chi connectivity index (χ4n) is 9.16. The molecule has 2 rings (SSSR count). The predicted octanol–water partition coefficient (Wildman–Crippen LogP) is 8.11. The third-order valence-corrected chi connectivity index (χ3v) is 13.7. The van der Waals surface area contributed by atoms with E-state index in [4.69, 9.17) is 18.9 Å². The minimum absolute atomic E-state index is 0.220. The van der Waals surface area contributed by atoms with Crippen molar-refractivity contribution in [2.24, 2.45) is 0 Å². The van der Waals surface area contributed by atoms with Crippen LogP contribution >= 0.6 is 0 Å². The zero-order valence-corrected chi connectivity index (χ0v) is 42.6. The summed E-state index contributed by atoms with van der Waals surface area (Å²) in [6.45, 7) is 2.79. The van der Waals surface area contributed by atoms with Gasteiger partial charge in [-0.15, -0.1) is 0 Å². The number of hydrogen-bond acceptors (Lipinski definition) is 13. The predicted molar refractivity (Wildman–Crippen MR) is 268 cm³/mol. The molecule has 2 saturated heterocycles. The Morgan fingerprint density at radius 1 is 0.529 bits per heavy atom. The van der Waals surface area contributed by atoms with E-state index < -0.39 is 86.8 Å². The van der Waals surface area contributed by atoms with Gasteiger partial charge in [0.1, 0.15) is 48.8 Å². The van der Waals surface area contributed by atoms with Gasteiger partial charge in [0.15, 0.2) is 12.6 Å². The monoisotopic (exact) mass is 972 g/mol. The van der Waals surface area contributed by atoms with Crippen molar-refractivity contribution in [1.29, 1.82) is 0 Å². The average molecular weight is 972 g/mol. The van der Waals surface area contributed by atoms with Crippen LogP contribution in [0.25, 0.3) is 0 Å². The van der Waals surface area contributed by atoms with E-state index in [1.54, 1.807) is 0 Å². The summed E-state index contributed by atoms with van der Waals surface area (Å²) >= 11 is 0. The van der Waals surface area contributed by atoms with Crippen LogP contribution in [0.5, 0.6) is 0 Å². The third-order valence-electron chi connectivity index (χ3n) is 13.7. The van der Waals surface area contributed by atoms with Crippen molar-refractivity contribution >= 4 is 5.91 Å². The molecule has 14 heteroatoms. The first-order chi connectivity index (χ1) is 33.1. The molecule has 0 bridgehead atoms. The lowest BCUT2D eigenvalue weighted by Crippen LogP contribution is -2.65. The SMILES string of the molecule is CCC/C=C\C/C=C\CCCCCCCC(=O)NC(COC1OC(CO)C(OC2OC(CO)C(O)C(O)C2O)C(O)C1O)C(O)CCCCCCCCCCCCCCCCCCCCCCC. The molecule has 0 saturated carbocycles. The second-order valence-corrected chi connectivity index (χ2v) is 19.7. The van der Waals surface area contributed by atoms with E-state index in [0.717, 1.165) is 77.0 Å². The number of aliphatic hydroxyl groups is 8. The van der Waals surface area contributed by atoms with E-state index in [-0.39, 0.29) is 18.9 Å². The molecule has 2 fully saturated rings. The summed E-state index contributed by atoms with van der Waals surface area (Å²) in [7, 11) is 0. The lowest BCUT2D eigenvalue weighted by atomic mass is 9.97. The van der Waals surface area contributed by atoms with Crippen LogP contribution in [0.2, 0.25) is 0 Å². The molecule has 0 aromatic carbocycles. The normalized spacial score (nSPS) is 26.5. The van der Waals surface area contributed by atoms with Crippen LogP contribution in [0.4, 0.5) is 0 Å². The molecule has 68 heavy (non-hydrogen) atoms. The third kappa shape index (κ3) is 27.3. The Hall–Kier alpha value is -1.53. The van der Waals surface area contributed by atoms with Gasteiger partial charge >= 0.3 is 0 Å². The topological polar surface area (TPSA) is 228 Å². The number of amides is 1. The second-order valence-electron chi connectivity index (χ2n) is 19.7. The molecule has 0 aromatic heterocycles. The molecule has 0 aliphatic carbocycles. The number of nitrogens with one attached hydrogen (secondary N) is 1. The molecule has 0 spiro atoms. The van der Waals surface area contributed by atoms with Gasteiger partial charge in [0.05, 0.1) is 32.0 Å². The van der Waals surface area contributed by atoms with Crippen LogP contribution in [0.1, 0.15) is 219 Å². The fourth-order valence-corrected chi connectivity index (χ4v) is 9.16. The highest BCUT2D eigenvalue weighted by Crippen LogP contribution is 2.30. The second kappa shape index (κ2) is 41.0. The van der Waals surface area contributed by atoms with E-state index >= 15 is 0 Å². The van der Waals surface area contributed by atoms with E-state index in [9.17, 15) is 45.6 Å². The van der Waals surface area contributed by atoms with Gasteiger partial charge in [-0.25, -0.2) is 0 Å². The van der Waals surface area contributed by atoms with Gasteiger partial charge in [-0.3, -0.25) is 4.79 Å². The smallest absolute Gasteiger partial charge is 0.220 e. The van der Waals surface area contributed by atoms with Crippen LogP contribution in [0.3, 0.4) is 0 Å². The largest absolute Gasteiger partial charge is 0.394 e. The summed E-state index contributed by atoms with van der Waals surface area (Å²) < 4.78 is 22.8. The molecule has 9 N–H and O–H groups in total. The van der Waals surface area contributed by atoms with Crippen LogP contribution in [0.15, 0.2) is 24.3 Å². The molecular weight excluding hydrogens is 871 g/mol. The number of ether oxygens (including phenoxy) is 4. The van der Waals surface area contributed by atoms with Gasteiger partial charge in [0, 0.05) is 6.42 Å². The number of rotatable bonds is 43. The quantitative estimate of drug-likeness (QED) is 0.0208. The minimum atomic E-state index is -1.78. The average Bonchev–Trinajstić information content (AvgIpc) is 3.34. The standard InChI is InChI=1S/C54H101NO13/c1-3-5-7-9-11-13-15-17-18-19-20-21-22-23-24-26-27-29-31-33-35-37-43(58)42(55-46(59)38-36-34-32-30-28-25-16-14-12-10-8-6-4-2)41-65-53-51(64)49(62)52(45(40-57)67-53)68-54-50(63)48(61)47(60)44(39-56)66-54/h8,10,14,16,42-45,47-54,56-58,60-64H,3-7,9,11-13,15,17-41H2,1-2H3,(H,55,59)/b10-8-,16-14-. The van der Waals surface area contributed by atoms with Crippen molar-refractivity contribution in [3.05, 3.63) is 24.3 Å². The summed E-state index contributed by atoms with van der Waals surface area (Å²) in [6.07, 6.45) is 28.9. The van der Waals surface area contributed by atoms with E-state index in [1.165, 1.54) is 109 Å². The fraction of sp³-hybridized carbons (Fsp3) is 0.907. The van der Waals surface area contributed by atoms with Crippen molar-refractivity contribution < 1.29 is 64.6 Å². The van der Waals surface area contributed by atoms with Crippen LogP contribution in [-0.4, -0.2) is 140 Å². The summed E-state index contributed by atoms with van der Waals surface area (Å²) in [5.41, 5.74) is 0. The number of aliphatic hydroxyl groups excluding tert-OH is 8. The molecule has 400 valence electrons. The lowest BCUT2D eigenvalue weighted by molar-refractivity contribution is -0.359. The van der Waals surface area contributed by atoms with Crippen molar-refractivity contribution in [2.45, 2.75) is 293 Å². The van der Waals surface area contributed by atoms with Gasteiger partial charge in [-0.05, 0) is 38.5 Å². The van der Waals surface area contributed by atoms with Gasteiger partial charge in [0.25, 0.3) is 0 Å². The highest BCUT2D eigenvalue weighted by atomic mass is 16.7. The van der Waals surface area contributed by atoms with Crippen LogP contribution < -0.4 is 5.32 Å². The van der Waals surface area contributed by atoms with Crippen molar-refractivity contribution in [3.63, 3.8) is 0 Å². The van der Waals surface area contributed by atoms with Crippen LogP contribution in [0, 0.1) is 0 Å². The summed E-state index contributed by atoms with van der Waals surface area (Å²) in [5, 5.41) is 87.0. The molecule has 12 atom stereocenters. The first-order valence-corrected chi connectivity index (χ1v) is 27.6. The molecular formula is C54H101NO13. The Morgan fingerprint density at radius 2 is 1.00 bits per heavy atom. The Bertz CT molecular complexity index is 1240. The van der Waals surface area contributed by atoms with Crippen molar-refractivity contribution in [1.82, 2.24) is 5.32 Å². The number of carbonyl (C=O) groups excluding carboxylic acids is 1. The highest BCUT2D eigenvalue weighted by molar-refractivity contribution is 5.76. The number of unbranched alkanes of at least 4 members (excludes halogenated alkanes) is 26. The van der Waals surface area contributed by atoms with Crippen LogP contribution in [-0.2, 0) is 23.7 Å². The molecule has 2 heterocycles. The molecule has 14 nitrogen and oxygen atoms in total. The molecule has 1 amide bonds. The minimum Gasteiger partial charge on any atom is -0.394 e. The Morgan fingerprint density at radius 3 is 1.53 bits per heavy atom. The molecule has 0 radical (unpaired) electrons. The van der Waals surface area contributed by atoms with Gasteiger partial charge in [0.2, 0.25) is 5.91 Å². The molecule has 0 aromatic rings. The van der Waals surface area contributed by atoms with E-state index in [1.807, 2.05) is 0 Å². The number of allylic oxidation sites excluding steroid dienone is 4. The first-order valence-electron chi connectivity index (χ1n) is 27.6. The molecule has 2 aliphatic heterocycles. The van der Waals surface area contributed by atoms with Crippen molar-refractivity contribution in [3.8, 4) is 0 Å².